The normalized spacial score (nSPS) is 20.2. The molecule has 0 amide bonds. The Hall–Kier alpha value is -0.500. The highest BCUT2D eigenvalue weighted by atomic mass is 35.5. The fraction of sp³-hybridized carbons (Fsp3) is 0.800. The van der Waals surface area contributed by atoms with Crippen LogP contribution in [0, 0.1) is 5.92 Å². The minimum atomic E-state index is 0.348. The van der Waals surface area contributed by atoms with Gasteiger partial charge in [-0.05, 0) is 51.0 Å². The van der Waals surface area contributed by atoms with Crippen molar-refractivity contribution in [2.45, 2.75) is 70.2 Å². The summed E-state index contributed by atoms with van der Waals surface area (Å²) < 4.78 is 2.08. The van der Waals surface area contributed by atoms with E-state index >= 15 is 0 Å². The van der Waals surface area contributed by atoms with Gasteiger partial charge in [0.1, 0.15) is 0 Å². The Morgan fingerprint density at radius 1 is 1.44 bits per heavy atom. The van der Waals surface area contributed by atoms with Crippen molar-refractivity contribution >= 4 is 11.6 Å². The molecule has 1 aliphatic rings. The molecular weight excluding hydrogens is 244 g/mol. The first-order valence-corrected chi connectivity index (χ1v) is 7.82. The molecule has 102 valence electrons. The summed E-state index contributed by atoms with van der Waals surface area (Å²) in [6.45, 7) is 4.40. The molecule has 0 spiro atoms. The van der Waals surface area contributed by atoms with Crippen molar-refractivity contribution in [2.75, 3.05) is 0 Å². The highest BCUT2D eigenvalue weighted by Gasteiger charge is 2.23. The third-order valence-corrected chi connectivity index (χ3v) is 4.87. The smallest absolute Gasteiger partial charge is 0.0625 e. The summed E-state index contributed by atoms with van der Waals surface area (Å²) in [5, 5.41) is 4.99. The first kappa shape index (κ1) is 13.9. The van der Waals surface area contributed by atoms with Gasteiger partial charge in [0.15, 0.2) is 0 Å². The number of nitrogens with zero attached hydrogens (tertiary/aromatic N) is 2. The van der Waals surface area contributed by atoms with Crippen LogP contribution >= 0.6 is 11.6 Å². The second kappa shape index (κ2) is 6.60. The maximum atomic E-state index is 6.50. The number of alkyl halides is 1. The summed E-state index contributed by atoms with van der Waals surface area (Å²) in [4.78, 5) is 0. The molecule has 1 heterocycles. The molecule has 0 N–H and O–H groups in total. The maximum absolute atomic E-state index is 6.50. The molecule has 0 aromatic carbocycles. The fourth-order valence-electron chi connectivity index (χ4n) is 2.78. The van der Waals surface area contributed by atoms with Gasteiger partial charge in [-0.25, -0.2) is 0 Å². The van der Waals surface area contributed by atoms with E-state index in [4.69, 9.17) is 11.6 Å². The molecule has 1 aliphatic carbocycles. The molecule has 1 aromatic heterocycles. The van der Waals surface area contributed by atoms with Gasteiger partial charge in [-0.2, -0.15) is 5.10 Å². The SMILES string of the molecule is CCC(C)n1ccc(CCC(Cl)C2CCCC2)n1. The number of halogens is 1. The third kappa shape index (κ3) is 3.50. The van der Waals surface area contributed by atoms with Gasteiger partial charge in [0, 0.05) is 17.6 Å². The largest absolute Gasteiger partial charge is 0.270 e. The molecule has 2 rings (SSSR count). The lowest BCUT2D eigenvalue weighted by Gasteiger charge is -2.15. The molecule has 3 heteroatoms. The van der Waals surface area contributed by atoms with Crippen LogP contribution < -0.4 is 0 Å². The zero-order valence-corrected chi connectivity index (χ0v) is 12.4. The van der Waals surface area contributed by atoms with Crippen LogP contribution in [0.15, 0.2) is 12.3 Å². The molecule has 18 heavy (non-hydrogen) atoms. The summed E-state index contributed by atoms with van der Waals surface area (Å²) in [7, 11) is 0. The van der Waals surface area contributed by atoms with Crippen LogP contribution in [0.1, 0.15) is 64.1 Å². The number of aryl methyl sites for hydroxylation is 1. The van der Waals surface area contributed by atoms with Crippen molar-refractivity contribution in [1.29, 1.82) is 0 Å². The highest BCUT2D eigenvalue weighted by Crippen LogP contribution is 2.32. The fourth-order valence-corrected chi connectivity index (χ4v) is 3.14. The van der Waals surface area contributed by atoms with Gasteiger partial charge in [0.05, 0.1) is 5.69 Å². The second-order valence-electron chi connectivity index (χ2n) is 5.64. The summed E-state index contributed by atoms with van der Waals surface area (Å²) >= 11 is 6.50. The maximum Gasteiger partial charge on any atom is 0.0625 e. The van der Waals surface area contributed by atoms with Crippen LogP contribution in [0.5, 0.6) is 0 Å². The van der Waals surface area contributed by atoms with Crippen molar-refractivity contribution in [2.24, 2.45) is 5.92 Å². The molecule has 0 radical (unpaired) electrons. The molecule has 2 atom stereocenters. The summed E-state index contributed by atoms with van der Waals surface area (Å²) in [5.41, 5.74) is 1.19. The predicted octanol–water partition coefficient (Wildman–Crippen LogP) is 4.58. The molecule has 0 aliphatic heterocycles. The molecule has 2 nitrogen and oxygen atoms in total. The van der Waals surface area contributed by atoms with Gasteiger partial charge in [-0.1, -0.05) is 19.8 Å². The van der Waals surface area contributed by atoms with E-state index in [0.29, 0.717) is 11.4 Å². The third-order valence-electron chi connectivity index (χ3n) is 4.29. The van der Waals surface area contributed by atoms with E-state index in [1.165, 1.54) is 31.4 Å². The highest BCUT2D eigenvalue weighted by molar-refractivity contribution is 6.20. The van der Waals surface area contributed by atoms with E-state index in [2.05, 4.69) is 35.9 Å². The number of aromatic nitrogens is 2. The van der Waals surface area contributed by atoms with Crippen molar-refractivity contribution in [1.82, 2.24) is 9.78 Å². The topological polar surface area (TPSA) is 17.8 Å². The molecule has 0 bridgehead atoms. The zero-order valence-electron chi connectivity index (χ0n) is 11.6. The Morgan fingerprint density at radius 2 is 2.17 bits per heavy atom. The van der Waals surface area contributed by atoms with E-state index < -0.39 is 0 Å². The van der Waals surface area contributed by atoms with Gasteiger partial charge in [-0.15, -0.1) is 11.6 Å². The lowest BCUT2D eigenvalue weighted by Crippen LogP contribution is -2.12. The monoisotopic (exact) mass is 268 g/mol. The Balaban J connectivity index is 1.80. The van der Waals surface area contributed by atoms with Gasteiger partial charge >= 0.3 is 0 Å². The van der Waals surface area contributed by atoms with E-state index in [1.54, 1.807) is 0 Å². The summed E-state index contributed by atoms with van der Waals surface area (Å²) in [6, 6.07) is 2.64. The predicted molar refractivity (Wildman–Crippen MR) is 77.1 cm³/mol. The van der Waals surface area contributed by atoms with Crippen LogP contribution in [0.25, 0.3) is 0 Å². The molecule has 2 unspecified atom stereocenters. The van der Waals surface area contributed by atoms with E-state index in [0.717, 1.165) is 25.2 Å². The average molecular weight is 269 g/mol. The number of hydrogen-bond acceptors (Lipinski definition) is 1. The Labute approximate surface area is 116 Å². The summed E-state index contributed by atoms with van der Waals surface area (Å²) in [6.07, 6.45) is 10.7. The quantitative estimate of drug-likeness (QED) is 0.691. The first-order valence-electron chi connectivity index (χ1n) is 7.38. The van der Waals surface area contributed by atoms with Gasteiger partial charge in [-0.3, -0.25) is 4.68 Å². The molecule has 1 saturated carbocycles. The van der Waals surface area contributed by atoms with Crippen molar-refractivity contribution < 1.29 is 0 Å². The van der Waals surface area contributed by atoms with Crippen LogP contribution in [-0.4, -0.2) is 15.2 Å². The lowest BCUT2D eigenvalue weighted by molar-refractivity contribution is 0.466. The standard InChI is InChI=1S/C15H25ClN2/c1-3-12(2)18-11-10-14(17-18)8-9-15(16)13-6-4-5-7-13/h10-13,15H,3-9H2,1-2H3. The number of rotatable bonds is 6. The van der Waals surface area contributed by atoms with E-state index in [9.17, 15) is 0 Å². The van der Waals surface area contributed by atoms with Crippen LogP contribution in [0.3, 0.4) is 0 Å². The Morgan fingerprint density at radius 3 is 2.83 bits per heavy atom. The van der Waals surface area contributed by atoms with Gasteiger partial charge < -0.3 is 0 Å². The second-order valence-corrected chi connectivity index (χ2v) is 6.20. The van der Waals surface area contributed by atoms with E-state index in [-0.39, 0.29) is 0 Å². The van der Waals surface area contributed by atoms with Gasteiger partial charge in [0.2, 0.25) is 0 Å². The van der Waals surface area contributed by atoms with Crippen molar-refractivity contribution in [3.8, 4) is 0 Å². The molecule has 1 aromatic rings. The Bertz CT molecular complexity index is 355. The van der Waals surface area contributed by atoms with Crippen molar-refractivity contribution in [3.05, 3.63) is 18.0 Å². The lowest BCUT2D eigenvalue weighted by atomic mass is 9.99. The molecule has 0 saturated heterocycles. The van der Waals surface area contributed by atoms with Crippen LogP contribution in [0.4, 0.5) is 0 Å². The van der Waals surface area contributed by atoms with Crippen molar-refractivity contribution in [3.63, 3.8) is 0 Å². The van der Waals surface area contributed by atoms with Gasteiger partial charge in [0.25, 0.3) is 0 Å². The molecule has 1 fully saturated rings. The van der Waals surface area contributed by atoms with Crippen LogP contribution in [-0.2, 0) is 6.42 Å². The average Bonchev–Trinajstić information content (AvgIpc) is 3.05. The minimum absolute atomic E-state index is 0.348. The zero-order chi connectivity index (χ0) is 13.0. The number of hydrogen-bond donors (Lipinski definition) is 0. The first-order chi connectivity index (χ1) is 8.70. The van der Waals surface area contributed by atoms with E-state index in [1.807, 2.05) is 0 Å². The van der Waals surface area contributed by atoms with Crippen LogP contribution in [0.2, 0.25) is 0 Å². The molecular formula is C15H25ClN2. The Kier molecular flexibility index (Phi) is 5.11. The minimum Gasteiger partial charge on any atom is -0.270 e. The summed E-state index contributed by atoms with van der Waals surface area (Å²) in [5.74, 6) is 0.753.